The van der Waals surface area contributed by atoms with Gasteiger partial charge in [0.05, 0.1) is 17.7 Å². The highest BCUT2D eigenvalue weighted by molar-refractivity contribution is 9.10. The van der Waals surface area contributed by atoms with Crippen molar-refractivity contribution in [2.45, 2.75) is 18.4 Å². The molecular formula is C23H22BrN3O3S. The zero-order valence-corrected chi connectivity index (χ0v) is 19.3. The van der Waals surface area contributed by atoms with E-state index >= 15 is 0 Å². The SMILES string of the molecule is Cc1ccc(S(=O)(=O)N(CC(=O)N/N=C\c2ccccc2Br)Cc2ccccc2)cc1. The summed E-state index contributed by atoms with van der Waals surface area (Å²) in [4.78, 5) is 12.6. The van der Waals surface area contributed by atoms with Gasteiger partial charge in [-0.3, -0.25) is 4.79 Å². The number of benzene rings is 3. The number of nitrogens with zero attached hydrogens (tertiary/aromatic N) is 2. The van der Waals surface area contributed by atoms with Gasteiger partial charge in [-0.05, 0) is 30.7 Å². The lowest BCUT2D eigenvalue weighted by atomic mass is 10.2. The Morgan fingerprint density at radius 3 is 2.32 bits per heavy atom. The van der Waals surface area contributed by atoms with E-state index in [-0.39, 0.29) is 18.0 Å². The topological polar surface area (TPSA) is 78.8 Å². The number of aryl methyl sites for hydroxylation is 1. The lowest BCUT2D eigenvalue weighted by Crippen LogP contribution is -2.39. The van der Waals surface area contributed by atoms with E-state index in [0.29, 0.717) is 0 Å². The number of rotatable bonds is 8. The fraction of sp³-hybridized carbons (Fsp3) is 0.130. The van der Waals surface area contributed by atoms with Crippen molar-refractivity contribution in [3.8, 4) is 0 Å². The Morgan fingerprint density at radius 1 is 1.00 bits per heavy atom. The van der Waals surface area contributed by atoms with Crippen LogP contribution in [0.1, 0.15) is 16.7 Å². The normalized spacial score (nSPS) is 11.7. The Kier molecular flexibility index (Phi) is 7.73. The molecule has 0 saturated heterocycles. The van der Waals surface area contributed by atoms with Crippen LogP contribution in [0.25, 0.3) is 0 Å². The van der Waals surface area contributed by atoms with Crippen molar-refractivity contribution in [3.63, 3.8) is 0 Å². The number of halogens is 1. The van der Waals surface area contributed by atoms with Crippen LogP contribution >= 0.6 is 15.9 Å². The second-order valence-electron chi connectivity index (χ2n) is 6.89. The van der Waals surface area contributed by atoms with Gasteiger partial charge >= 0.3 is 0 Å². The fourth-order valence-electron chi connectivity index (χ4n) is 2.82. The van der Waals surface area contributed by atoms with Crippen molar-refractivity contribution < 1.29 is 13.2 Å². The Bertz CT molecular complexity index is 1160. The number of nitrogens with one attached hydrogen (secondary N) is 1. The molecule has 0 aromatic heterocycles. The van der Waals surface area contributed by atoms with Crippen molar-refractivity contribution in [3.05, 3.63) is 100 Å². The number of hydrogen-bond acceptors (Lipinski definition) is 4. The molecule has 0 aliphatic carbocycles. The summed E-state index contributed by atoms with van der Waals surface area (Å²) >= 11 is 3.41. The maximum Gasteiger partial charge on any atom is 0.255 e. The van der Waals surface area contributed by atoms with Crippen LogP contribution in [-0.4, -0.2) is 31.4 Å². The summed E-state index contributed by atoms with van der Waals surface area (Å²) in [6.07, 6.45) is 1.50. The summed E-state index contributed by atoms with van der Waals surface area (Å²) in [5.74, 6) is -0.532. The van der Waals surface area contributed by atoms with Crippen LogP contribution in [0.15, 0.2) is 93.3 Å². The van der Waals surface area contributed by atoms with Crippen molar-refractivity contribution in [2.75, 3.05) is 6.54 Å². The molecule has 0 unspecified atom stereocenters. The maximum atomic E-state index is 13.2. The molecule has 0 aliphatic rings. The van der Waals surface area contributed by atoms with Gasteiger partial charge in [-0.15, -0.1) is 0 Å². The van der Waals surface area contributed by atoms with Crippen LogP contribution in [-0.2, 0) is 21.4 Å². The molecule has 0 saturated carbocycles. The number of sulfonamides is 1. The van der Waals surface area contributed by atoms with E-state index < -0.39 is 15.9 Å². The van der Waals surface area contributed by atoms with Crippen LogP contribution in [0.3, 0.4) is 0 Å². The number of carbonyl (C=O) groups excluding carboxylic acids is 1. The van der Waals surface area contributed by atoms with Gasteiger partial charge in [0.1, 0.15) is 0 Å². The van der Waals surface area contributed by atoms with Gasteiger partial charge < -0.3 is 0 Å². The molecular weight excluding hydrogens is 478 g/mol. The molecule has 0 heterocycles. The van der Waals surface area contributed by atoms with Gasteiger partial charge in [0.25, 0.3) is 5.91 Å². The summed E-state index contributed by atoms with van der Waals surface area (Å²) in [7, 11) is -3.88. The van der Waals surface area contributed by atoms with E-state index in [1.54, 1.807) is 24.3 Å². The van der Waals surface area contributed by atoms with E-state index in [4.69, 9.17) is 0 Å². The summed E-state index contributed by atoms with van der Waals surface area (Å²) in [6, 6.07) is 23.1. The van der Waals surface area contributed by atoms with E-state index in [0.717, 1.165) is 25.5 Å². The van der Waals surface area contributed by atoms with Gasteiger partial charge in [0.2, 0.25) is 10.0 Å². The molecule has 160 valence electrons. The molecule has 1 N–H and O–H groups in total. The first kappa shape index (κ1) is 22.9. The molecule has 31 heavy (non-hydrogen) atoms. The third-order valence-corrected chi connectivity index (χ3v) is 7.01. The zero-order chi connectivity index (χ0) is 22.3. The third kappa shape index (κ3) is 6.33. The average Bonchev–Trinajstić information content (AvgIpc) is 2.76. The summed E-state index contributed by atoms with van der Waals surface area (Å²) in [5.41, 5.74) is 4.93. The minimum atomic E-state index is -3.88. The Morgan fingerprint density at radius 2 is 1.65 bits per heavy atom. The molecule has 8 heteroatoms. The summed E-state index contributed by atoms with van der Waals surface area (Å²) in [6.45, 7) is 1.59. The fourth-order valence-corrected chi connectivity index (χ4v) is 4.59. The molecule has 1 amide bonds. The van der Waals surface area contributed by atoms with Crippen molar-refractivity contribution in [2.24, 2.45) is 5.10 Å². The van der Waals surface area contributed by atoms with Crippen molar-refractivity contribution >= 4 is 38.1 Å². The average molecular weight is 500 g/mol. The van der Waals surface area contributed by atoms with Crippen LogP contribution in [0.4, 0.5) is 0 Å². The van der Waals surface area contributed by atoms with E-state index in [2.05, 4.69) is 26.5 Å². The minimum absolute atomic E-state index is 0.0679. The molecule has 0 aliphatic heterocycles. The first-order chi connectivity index (χ1) is 14.9. The van der Waals surface area contributed by atoms with Gasteiger partial charge in [0, 0.05) is 16.6 Å². The second kappa shape index (κ2) is 10.5. The van der Waals surface area contributed by atoms with Crippen LogP contribution in [0.2, 0.25) is 0 Å². The number of carbonyl (C=O) groups is 1. The highest BCUT2D eigenvalue weighted by Crippen LogP contribution is 2.19. The third-order valence-electron chi connectivity index (χ3n) is 4.48. The maximum absolute atomic E-state index is 13.2. The highest BCUT2D eigenvalue weighted by Gasteiger charge is 2.26. The predicted molar refractivity (Wildman–Crippen MR) is 125 cm³/mol. The summed E-state index contributed by atoms with van der Waals surface area (Å²) in [5, 5.41) is 3.95. The quantitative estimate of drug-likeness (QED) is 0.374. The highest BCUT2D eigenvalue weighted by atomic mass is 79.9. The van der Waals surface area contributed by atoms with E-state index in [9.17, 15) is 13.2 Å². The predicted octanol–water partition coefficient (Wildman–Crippen LogP) is 4.10. The van der Waals surface area contributed by atoms with Gasteiger partial charge in [0.15, 0.2) is 0 Å². The van der Waals surface area contributed by atoms with Crippen molar-refractivity contribution in [1.82, 2.24) is 9.73 Å². The molecule has 3 aromatic carbocycles. The van der Waals surface area contributed by atoms with Crippen LogP contribution in [0, 0.1) is 6.92 Å². The Balaban J connectivity index is 1.78. The molecule has 0 bridgehead atoms. The Labute approximate surface area is 190 Å². The van der Waals surface area contributed by atoms with Gasteiger partial charge in [-0.1, -0.05) is 82.2 Å². The van der Waals surface area contributed by atoms with Crippen LogP contribution in [0.5, 0.6) is 0 Å². The second-order valence-corrected chi connectivity index (χ2v) is 9.68. The molecule has 0 spiro atoms. The molecule has 0 radical (unpaired) electrons. The molecule has 0 fully saturated rings. The lowest BCUT2D eigenvalue weighted by molar-refractivity contribution is -0.121. The first-order valence-electron chi connectivity index (χ1n) is 9.53. The van der Waals surface area contributed by atoms with E-state index in [1.165, 1.54) is 6.21 Å². The monoisotopic (exact) mass is 499 g/mol. The smallest absolute Gasteiger partial charge is 0.255 e. The largest absolute Gasteiger partial charge is 0.272 e. The van der Waals surface area contributed by atoms with Crippen molar-refractivity contribution in [1.29, 1.82) is 0 Å². The minimum Gasteiger partial charge on any atom is -0.272 e. The lowest BCUT2D eigenvalue weighted by Gasteiger charge is -2.21. The molecule has 0 atom stereocenters. The molecule has 6 nitrogen and oxygen atoms in total. The van der Waals surface area contributed by atoms with E-state index in [1.807, 2.05) is 61.5 Å². The van der Waals surface area contributed by atoms with Crippen LogP contribution < -0.4 is 5.43 Å². The number of hydrazone groups is 1. The molecule has 3 rings (SSSR count). The molecule has 3 aromatic rings. The first-order valence-corrected chi connectivity index (χ1v) is 11.8. The number of amides is 1. The Hall–Kier alpha value is -2.81. The van der Waals surface area contributed by atoms with Gasteiger partial charge in [-0.2, -0.15) is 9.41 Å². The summed E-state index contributed by atoms with van der Waals surface area (Å²) < 4.78 is 28.4. The zero-order valence-electron chi connectivity index (χ0n) is 16.9. The number of hydrogen-bond donors (Lipinski definition) is 1. The van der Waals surface area contributed by atoms with Gasteiger partial charge in [-0.25, -0.2) is 13.8 Å². The standard InChI is InChI=1S/C23H22BrN3O3S/c1-18-11-13-21(14-12-18)31(29,30)27(16-19-7-3-2-4-8-19)17-23(28)26-25-15-20-9-5-6-10-22(20)24/h2-15H,16-17H2,1H3,(H,26,28)/b25-15-.